The van der Waals surface area contributed by atoms with Gasteiger partial charge in [-0.3, -0.25) is 4.79 Å². The lowest BCUT2D eigenvalue weighted by atomic mass is 10.0. The van der Waals surface area contributed by atoms with Gasteiger partial charge in [0.1, 0.15) is 5.82 Å². The molecule has 0 spiro atoms. The fourth-order valence-corrected chi connectivity index (χ4v) is 2.66. The zero-order valence-corrected chi connectivity index (χ0v) is 15.3. The highest BCUT2D eigenvalue weighted by atomic mass is 19.4. The number of hydrogen-bond donors (Lipinski definition) is 3. The quantitative estimate of drug-likeness (QED) is 0.386. The third-order valence-electron chi connectivity index (χ3n) is 3.83. The van der Waals surface area contributed by atoms with Crippen molar-refractivity contribution in [1.82, 2.24) is 4.98 Å². The topological polar surface area (TPSA) is 115 Å². The van der Waals surface area contributed by atoms with Crippen LogP contribution < -0.4 is 11.5 Å². The summed E-state index contributed by atoms with van der Waals surface area (Å²) in [6.07, 6.45) is -3.34. The Balaban J connectivity index is 2.39. The molecule has 0 aliphatic carbocycles. The first-order chi connectivity index (χ1) is 13.5. The highest BCUT2D eigenvalue weighted by molar-refractivity contribution is 6.22. The standard InChI is InChI=1S/C19H18F4N4O2/c1-10(24)17(18(25)29)15(9-28)27-16-7-11(2-3-26-16)4-12-5-13(19(21,22)23)8-14(20)6-12/h2-3,5-8,28H,4,9,24H2,1H3,(H2,25,29)/b17-10+,27-15?. The molecule has 0 radical (unpaired) electrons. The Morgan fingerprint density at radius 1 is 1.17 bits per heavy atom. The Morgan fingerprint density at radius 3 is 2.41 bits per heavy atom. The van der Waals surface area contributed by atoms with Gasteiger partial charge in [0.15, 0.2) is 5.82 Å². The number of aliphatic hydroxyl groups excluding tert-OH is 1. The number of aliphatic hydroxyl groups is 1. The van der Waals surface area contributed by atoms with E-state index in [1.54, 1.807) is 0 Å². The lowest BCUT2D eigenvalue weighted by Crippen LogP contribution is -2.26. The summed E-state index contributed by atoms with van der Waals surface area (Å²) in [5.74, 6) is -1.81. The van der Waals surface area contributed by atoms with Crippen LogP contribution >= 0.6 is 0 Å². The first kappa shape index (κ1) is 22.0. The van der Waals surface area contributed by atoms with Gasteiger partial charge in [-0.1, -0.05) is 0 Å². The van der Waals surface area contributed by atoms with Gasteiger partial charge in [0.25, 0.3) is 5.91 Å². The van der Waals surface area contributed by atoms with Crippen LogP contribution in [0.25, 0.3) is 0 Å². The number of aliphatic imine (C=N–C) groups is 1. The monoisotopic (exact) mass is 410 g/mol. The lowest BCUT2D eigenvalue weighted by molar-refractivity contribution is -0.137. The zero-order chi connectivity index (χ0) is 21.8. The fourth-order valence-electron chi connectivity index (χ4n) is 2.66. The van der Waals surface area contributed by atoms with Gasteiger partial charge in [-0.25, -0.2) is 14.4 Å². The predicted molar refractivity (Wildman–Crippen MR) is 98.7 cm³/mol. The highest BCUT2D eigenvalue weighted by Crippen LogP contribution is 2.31. The van der Waals surface area contributed by atoms with Crippen molar-refractivity contribution in [2.75, 3.05) is 6.61 Å². The number of primary amides is 1. The molecule has 0 fully saturated rings. The number of halogens is 4. The average Bonchev–Trinajstić information content (AvgIpc) is 2.59. The molecule has 0 unspecified atom stereocenters. The molecule has 29 heavy (non-hydrogen) atoms. The van der Waals surface area contributed by atoms with E-state index in [9.17, 15) is 27.5 Å². The number of allylic oxidation sites excluding steroid dienone is 1. The summed E-state index contributed by atoms with van der Waals surface area (Å²) in [6.45, 7) is 0.773. The Kier molecular flexibility index (Phi) is 6.70. The molecule has 0 bridgehead atoms. The third kappa shape index (κ3) is 5.85. The lowest BCUT2D eigenvalue weighted by Gasteiger charge is -2.10. The summed E-state index contributed by atoms with van der Waals surface area (Å²) < 4.78 is 52.2. The molecule has 2 rings (SSSR count). The maximum atomic E-state index is 13.6. The molecule has 0 saturated carbocycles. The molecule has 0 atom stereocenters. The average molecular weight is 410 g/mol. The van der Waals surface area contributed by atoms with Gasteiger partial charge in [0.2, 0.25) is 0 Å². The van der Waals surface area contributed by atoms with E-state index < -0.39 is 30.1 Å². The Hall–Kier alpha value is -3.27. The number of alkyl halides is 3. The van der Waals surface area contributed by atoms with Gasteiger partial charge in [-0.05, 0) is 54.8 Å². The van der Waals surface area contributed by atoms with Gasteiger partial charge < -0.3 is 16.6 Å². The van der Waals surface area contributed by atoms with E-state index in [4.69, 9.17) is 11.5 Å². The molecule has 6 nitrogen and oxygen atoms in total. The number of hydrogen-bond acceptors (Lipinski definition) is 5. The number of aromatic nitrogens is 1. The largest absolute Gasteiger partial charge is 0.416 e. The molecular weight excluding hydrogens is 392 g/mol. The molecule has 154 valence electrons. The highest BCUT2D eigenvalue weighted by Gasteiger charge is 2.31. The Morgan fingerprint density at radius 2 is 1.86 bits per heavy atom. The first-order valence-corrected chi connectivity index (χ1v) is 8.27. The minimum absolute atomic E-state index is 0.0191. The molecular formula is C19H18F4N4O2. The van der Waals surface area contributed by atoms with Crippen LogP contribution in [0.4, 0.5) is 23.4 Å². The van der Waals surface area contributed by atoms with Gasteiger partial charge in [-0.2, -0.15) is 13.2 Å². The summed E-state index contributed by atoms with van der Waals surface area (Å²) >= 11 is 0. The smallest absolute Gasteiger partial charge is 0.402 e. The van der Waals surface area contributed by atoms with E-state index in [0.29, 0.717) is 11.6 Å². The molecule has 0 saturated heterocycles. The van der Waals surface area contributed by atoms with E-state index in [0.717, 1.165) is 12.1 Å². The van der Waals surface area contributed by atoms with Crippen molar-refractivity contribution < 1.29 is 27.5 Å². The molecule has 1 heterocycles. The Labute approximate surface area is 163 Å². The maximum absolute atomic E-state index is 13.6. The number of rotatable bonds is 6. The first-order valence-electron chi connectivity index (χ1n) is 8.27. The second-order valence-corrected chi connectivity index (χ2v) is 6.18. The third-order valence-corrected chi connectivity index (χ3v) is 3.83. The van der Waals surface area contributed by atoms with E-state index in [1.807, 2.05) is 0 Å². The van der Waals surface area contributed by atoms with Crippen LogP contribution in [0.5, 0.6) is 0 Å². The summed E-state index contributed by atoms with van der Waals surface area (Å²) in [5, 5.41) is 9.49. The number of amides is 1. The van der Waals surface area contributed by atoms with Crippen molar-refractivity contribution in [3.63, 3.8) is 0 Å². The van der Waals surface area contributed by atoms with E-state index in [1.165, 1.54) is 25.3 Å². The van der Waals surface area contributed by atoms with Gasteiger partial charge in [0.05, 0.1) is 23.5 Å². The number of nitrogens with zero attached hydrogens (tertiary/aromatic N) is 2. The van der Waals surface area contributed by atoms with Crippen molar-refractivity contribution in [2.45, 2.75) is 19.5 Å². The van der Waals surface area contributed by atoms with Crippen molar-refractivity contribution in [3.8, 4) is 0 Å². The molecule has 1 aromatic heterocycles. The van der Waals surface area contributed by atoms with Crippen LogP contribution in [-0.2, 0) is 17.4 Å². The van der Waals surface area contributed by atoms with E-state index in [-0.39, 0.29) is 34.8 Å². The molecule has 2 aromatic rings. The molecule has 0 aliphatic rings. The van der Waals surface area contributed by atoms with Crippen LogP contribution in [0.15, 0.2) is 52.8 Å². The second-order valence-electron chi connectivity index (χ2n) is 6.18. The van der Waals surface area contributed by atoms with Crippen molar-refractivity contribution in [1.29, 1.82) is 0 Å². The second kappa shape index (κ2) is 8.82. The normalized spacial score (nSPS) is 13.2. The Bertz CT molecular complexity index is 980. The van der Waals surface area contributed by atoms with Crippen LogP contribution in [0.1, 0.15) is 23.6 Å². The van der Waals surface area contributed by atoms with Gasteiger partial charge >= 0.3 is 6.18 Å². The van der Waals surface area contributed by atoms with Crippen molar-refractivity contribution in [3.05, 3.63) is 70.3 Å². The number of pyridine rings is 1. The summed E-state index contributed by atoms with van der Waals surface area (Å²) in [5.41, 5.74) is 10.2. The summed E-state index contributed by atoms with van der Waals surface area (Å²) in [4.78, 5) is 19.6. The fraction of sp³-hybridized carbons (Fsp3) is 0.211. The summed E-state index contributed by atoms with van der Waals surface area (Å²) in [6, 6.07) is 5.24. The van der Waals surface area contributed by atoms with Crippen LogP contribution in [0.3, 0.4) is 0 Å². The summed E-state index contributed by atoms with van der Waals surface area (Å²) in [7, 11) is 0. The number of nitrogens with two attached hydrogens (primary N) is 2. The van der Waals surface area contributed by atoms with Crippen LogP contribution in [-0.4, -0.2) is 28.3 Å². The minimum atomic E-state index is -4.67. The zero-order valence-electron chi connectivity index (χ0n) is 15.3. The number of carbonyl (C=O) groups is 1. The van der Waals surface area contributed by atoms with Gasteiger partial charge in [0, 0.05) is 11.9 Å². The van der Waals surface area contributed by atoms with Gasteiger partial charge in [-0.15, -0.1) is 0 Å². The molecule has 0 aliphatic heterocycles. The van der Waals surface area contributed by atoms with Crippen LogP contribution in [0, 0.1) is 5.82 Å². The van der Waals surface area contributed by atoms with E-state index in [2.05, 4.69) is 9.98 Å². The molecule has 1 amide bonds. The molecule has 10 heteroatoms. The van der Waals surface area contributed by atoms with Crippen LogP contribution in [0.2, 0.25) is 0 Å². The van der Waals surface area contributed by atoms with Crippen molar-refractivity contribution in [2.24, 2.45) is 16.5 Å². The molecule has 5 N–H and O–H groups in total. The number of benzene rings is 1. The predicted octanol–water partition coefficient (Wildman–Crippen LogP) is 2.61. The van der Waals surface area contributed by atoms with E-state index >= 15 is 0 Å². The maximum Gasteiger partial charge on any atom is 0.416 e. The SMILES string of the molecule is C/C(N)=C(\C(N)=O)C(CO)=Nc1cc(Cc2cc(F)cc(C(F)(F)F)c2)ccn1. The van der Waals surface area contributed by atoms with Crippen molar-refractivity contribution >= 4 is 17.4 Å². The minimum Gasteiger partial charge on any atom is -0.402 e. The molecule has 1 aromatic carbocycles. The number of carbonyl (C=O) groups excluding carboxylic acids is 1.